The summed E-state index contributed by atoms with van der Waals surface area (Å²) in [4.78, 5) is 0. The molecule has 12 heavy (non-hydrogen) atoms. The second-order valence-corrected chi connectivity index (χ2v) is 3.89. The predicted octanol–water partition coefficient (Wildman–Crippen LogP) is 1.21. The van der Waals surface area contributed by atoms with Crippen molar-refractivity contribution in [2.75, 3.05) is 19.8 Å². The largest absolute Gasteiger partial charge is 0.392 e. The summed E-state index contributed by atoms with van der Waals surface area (Å²) in [6, 6.07) is 0. The van der Waals surface area contributed by atoms with Gasteiger partial charge in [-0.15, -0.1) is 0 Å². The molecule has 2 aliphatic rings. The van der Waals surface area contributed by atoms with Crippen molar-refractivity contribution in [3.8, 4) is 0 Å². The van der Waals surface area contributed by atoms with Crippen LogP contribution in [0.15, 0.2) is 11.6 Å². The van der Waals surface area contributed by atoms with Crippen molar-refractivity contribution in [3.63, 3.8) is 0 Å². The van der Waals surface area contributed by atoms with E-state index in [9.17, 15) is 0 Å². The van der Waals surface area contributed by atoms with Gasteiger partial charge in [-0.05, 0) is 23.8 Å². The van der Waals surface area contributed by atoms with Gasteiger partial charge in [-0.1, -0.05) is 13.0 Å². The Kier molecular flexibility index (Phi) is 2.20. The molecule has 2 nitrogen and oxygen atoms in total. The lowest BCUT2D eigenvalue weighted by Gasteiger charge is -2.29. The van der Waals surface area contributed by atoms with Gasteiger partial charge in [0, 0.05) is 12.5 Å². The van der Waals surface area contributed by atoms with Gasteiger partial charge in [0.15, 0.2) is 0 Å². The van der Waals surface area contributed by atoms with Gasteiger partial charge < -0.3 is 9.84 Å². The number of aliphatic hydroxyl groups excluding tert-OH is 1. The first kappa shape index (κ1) is 8.27. The Morgan fingerprint density at radius 2 is 2.50 bits per heavy atom. The van der Waals surface area contributed by atoms with E-state index < -0.39 is 0 Å². The van der Waals surface area contributed by atoms with Crippen LogP contribution >= 0.6 is 0 Å². The predicted molar refractivity (Wildman–Crippen MR) is 46.7 cm³/mol. The molecule has 0 aromatic rings. The third kappa shape index (κ3) is 1.19. The van der Waals surface area contributed by atoms with Crippen molar-refractivity contribution in [1.82, 2.24) is 0 Å². The highest BCUT2D eigenvalue weighted by Crippen LogP contribution is 2.40. The van der Waals surface area contributed by atoms with E-state index in [0.29, 0.717) is 11.8 Å². The molecule has 0 amide bonds. The fourth-order valence-electron chi connectivity index (χ4n) is 2.52. The average molecular weight is 168 g/mol. The summed E-state index contributed by atoms with van der Waals surface area (Å²) in [6.45, 7) is 4.18. The molecule has 1 fully saturated rings. The Labute approximate surface area is 73.2 Å². The van der Waals surface area contributed by atoms with Crippen molar-refractivity contribution < 1.29 is 9.84 Å². The Hall–Kier alpha value is -0.340. The highest BCUT2D eigenvalue weighted by Gasteiger charge is 2.36. The minimum Gasteiger partial charge on any atom is -0.392 e. The molecule has 2 rings (SSSR count). The molecule has 0 radical (unpaired) electrons. The monoisotopic (exact) mass is 168 g/mol. The fraction of sp³-hybridized carbons (Fsp3) is 0.800. The number of allylic oxidation sites excluding steroid dienone is 1. The Balaban J connectivity index is 2.13. The zero-order chi connectivity index (χ0) is 8.55. The Morgan fingerprint density at radius 3 is 3.25 bits per heavy atom. The second kappa shape index (κ2) is 3.19. The van der Waals surface area contributed by atoms with E-state index in [1.165, 1.54) is 5.57 Å². The molecule has 1 heterocycles. The summed E-state index contributed by atoms with van der Waals surface area (Å²) in [6.07, 6.45) is 3.38. The summed E-state index contributed by atoms with van der Waals surface area (Å²) < 4.78 is 5.41. The fourth-order valence-corrected chi connectivity index (χ4v) is 2.52. The molecule has 0 saturated carbocycles. The van der Waals surface area contributed by atoms with Gasteiger partial charge in [-0.25, -0.2) is 0 Å². The van der Waals surface area contributed by atoms with E-state index >= 15 is 0 Å². The molecule has 0 bridgehead atoms. The summed E-state index contributed by atoms with van der Waals surface area (Å²) in [5.41, 5.74) is 1.20. The zero-order valence-electron chi connectivity index (χ0n) is 7.49. The first-order valence-electron chi connectivity index (χ1n) is 4.72. The van der Waals surface area contributed by atoms with Gasteiger partial charge in [0.25, 0.3) is 0 Å². The van der Waals surface area contributed by atoms with Crippen LogP contribution in [0.25, 0.3) is 0 Å². The number of hydrogen-bond acceptors (Lipinski definition) is 2. The Morgan fingerprint density at radius 1 is 1.67 bits per heavy atom. The van der Waals surface area contributed by atoms with Crippen molar-refractivity contribution >= 4 is 0 Å². The number of aliphatic hydroxyl groups is 1. The van der Waals surface area contributed by atoms with Crippen LogP contribution in [-0.4, -0.2) is 24.9 Å². The molecule has 1 saturated heterocycles. The van der Waals surface area contributed by atoms with Gasteiger partial charge in [-0.3, -0.25) is 0 Å². The lowest BCUT2D eigenvalue weighted by molar-refractivity contribution is 0.0249. The second-order valence-electron chi connectivity index (χ2n) is 3.89. The Bertz CT molecular complexity index is 198. The van der Waals surface area contributed by atoms with E-state index in [0.717, 1.165) is 25.6 Å². The van der Waals surface area contributed by atoms with Crippen LogP contribution in [0, 0.1) is 17.8 Å². The van der Waals surface area contributed by atoms with E-state index in [4.69, 9.17) is 9.84 Å². The molecule has 3 atom stereocenters. The normalized spacial score (nSPS) is 40.8. The number of fused-ring (bicyclic) bond motifs is 1. The number of ether oxygens (including phenoxy) is 1. The highest BCUT2D eigenvalue weighted by atomic mass is 16.5. The topological polar surface area (TPSA) is 29.5 Å². The molecule has 2 heteroatoms. The van der Waals surface area contributed by atoms with Gasteiger partial charge in [0.05, 0.1) is 13.2 Å². The van der Waals surface area contributed by atoms with E-state index in [1.807, 2.05) is 0 Å². The lowest BCUT2D eigenvalue weighted by atomic mass is 9.83. The molecule has 1 aliphatic heterocycles. The molecule has 1 N–H and O–H groups in total. The SMILES string of the molecule is C[C@H]1C=C(CO)[C@@H]2COCC[C@H]12. The first-order valence-corrected chi connectivity index (χ1v) is 4.72. The van der Waals surface area contributed by atoms with E-state index in [1.54, 1.807) is 0 Å². The molecule has 0 spiro atoms. The van der Waals surface area contributed by atoms with Crippen LogP contribution in [0.4, 0.5) is 0 Å². The maximum Gasteiger partial charge on any atom is 0.0645 e. The van der Waals surface area contributed by atoms with Crippen LogP contribution < -0.4 is 0 Å². The standard InChI is InChI=1S/C10H16O2/c1-7-4-8(5-11)10-6-12-3-2-9(7)10/h4,7,9-11H,2-3,5-6H2,1H3/t7-,9+,10-/m0/s1. The molecule has 68 valence electrons. The quantitative estimate of drug-likeness (QED) is 0.596. The van der Waals surface area contributed by atoms with Gasteiger partial charge >= 0.3 is 0 Å². The van der Waals surface area contributed by atoms with Crippen molar-refractivity contribution in [3.05, 3.63) is 11.6 Å². The molecule has 0 aromatic carbocycles. The maximum absolute atomic E-state index is 9.10. The third-order valence-corrected chi connectivity index (χ3v) is 3.22. The first-order chi connectivity index (χ1) is 5.83. The van der Waals surface area contributed by atoms with Crippen LogP contribution in [0.5, 0.6) is 0 Å². The van der Waals surface area contributed by atoms with E-state index in [2.05, 4.69) is 13.0 Å². The zero-order valence-corrected chi connectivity index (χ0v) is 7.49. The van der Waals surface area contributed by atoms with Gasteiger partial charge in [-0.2, -0.15) is 0 Å². The van der Waals surface area contributed by atoms with Crippen molar-refractivity contribution in [2.24, 2.45) is 17.8 Å². The van der Waals surface area contributed by atoms with Crippen LogP contribution in [-0.2, 0) is 4.74 Å². The van der Waals surface area contributed by atoms with Crippen LogP contribution in [0.3, 0.4) is 0 Å². The maximum atomic E-state index is 9.10. The van der Waals surface area contributed by atoms with Crippen LogP contribution in [0.1, 0.15) is 13.3 Å². The highest BCUT2D eigenvalue weighted by molar-refractivity contribution is 5.19. The van der Waals surface area contributed by atoms with E-state index in [-0.39, 0.29) is 6.61 Å². The third-order valence-electron chi connectivity index (χ3n) is 3.22. The summed E-state index contributed by atoms with van der Waals surface area (Å²) >= 11 is 0. The smallest absolute Gasteiger partial charge is 0.0645 e. The van der Waals surface area contributed by atoms with Crippen LogP contribution in [0.2, 0.25) is 0 Å². The number of hydrogen-bond donors (Lipinski definition) is 1. The molecular weight excluding hydrogens is 152 g/mol. The van der Waals surface area contributed by atoms with Gasteiger partial charge in [0.1, 0.15) is 0 Å². The minimum absolute atomic E-state index is 0.217. The average Bonchev–Trinajstić information content (AvgIpc) is 2.44. The molecule has 0 unspecified atom stereocenters. The van der Waals surface area contributed by atoms with Gasteiger partial charge in [0.2, 0.25) is 0 Å². The molecular formula is C10H16O2. The molecule has 0 aromatic heterocycles. The molecule has 1 aliphatic carbocycles. The number of rotatable bonds is 1. The van der Waals surface area contributed by atoms with Crippen molar-refractivity contribution in [1.29, 1.82) is 0 Å². The summed E-state index contributed by atoms with van der Waals surface area (Å²) in [7, 11) is 0. The summed E-state index contributed by atoms with van der Waals surface area (Å²) in [5.74, 6) is 1.89. The van der Waals surface area contributed by atoms with Crippen molar-refractivity contribution in [2.45, 2.75) is 13.3 Å². The summed E-state index contributed by atoms with van der Waals surface area (Å²) in [5, 5.41) is 9.10. The lowest BCUT2D eigenvalue weighted by Crippen LogP contribution is -2.28. The minimum atomic E-state index is 0.217.